The van der Waals surface area contributed by atoms with Crippen LogP contribution in [0.25, 0.3) is 0 Å². The third-order valence-corrected chi connectivity index (χ3v) is 4.89. The number of benzene rings is 1. The number of rotatable bonds is 0. The molecule has 3 rings (SSSR count). The molecule has 1 heterocycles. The summed E-state index contributed by atoms with van der Waals surface area (Å²) in [5.74, 6) is 0.211. The van der Waals surface area contributed by atoms with E-state index >= 15 is 0 Å². The molecule has 1 atom stereocenters. The summed E-state index contributed by atoms with van der Waals surface area (Å²) in [6.07, 6.45) is 3.10. The Morgan fingerprint density at radius 2 is 2.06 bits per heavy atom. The minimum Gasteiger partial charge on any atom is -0.288 e. The first-order valence-corrected chi connectivity index (χ1v) is 6.75. The van der Waals surface area contributed by atoms with Crippen LogP contribution in [0.5, 0.6) is 0 Å². The van der Waals surface area contributed by atoms with Gasteiger partial charge in [0.05, 0.1) is 4.91 Å². The van der Waals surface area contributed by atoms with Gasteiger partial charge in [0.25, 0.3) is 0 Å². The molecule has 0 N–H and O–H groups in total. The van der Waals surface area contributed by atoms with E-state index < -0.39 is 0 Å². The summed E-state index contributed by atoms with van der Waals surface area (Å²) in [6, 6.07) is 7.95. The second kappa shape index (κ2) is 3.88. The Morgan fingerprint density at radius 3 is 2.88 bits per heavy atom. The molecular weight excluding hydrogens is 228 g/mol. The largest absolute Gasteiger partial charge is 0.288 e. The molecule has 2 aliphatic rings. The highest BCUT2D eigenvalue weighted by atomic mass is 32.2. The van der Waals surface area contributed by atoms with Gasteiger partial charge in [-0.3, -0.25) is 4.79 Å². The van der Waals surface area contributed by atoms with E-state index in [4.69, 9.17) is 0 Å². The quantitative estimate of drug-likeness (QED) is 0.689. The smallest absolute Gasteiger partial charge is 0.199 e. The lowest BCUT2D eigenvalue weighted by Crippen LogP contribution is -2.19. The maximum absolute atomic E-state index is 12.4. The average molecular weight is 242 g/mol. The summed E-state index contributed by atoms with van der Waals surface area (Å²) in [4.78, 5) is 13.4. The zero-order valence-corrected chi connectivity index (χ0v) is 10.8. The van der Waals surface area contributed by atoms with Crippen molar-refractivity contribution in [2.75, 3.05) is 0 Å². The van der Waals surface area contributed by atoms with Crippen molar-refractivity contribution in [1.29, 1.82) is 0 Å². The van der Waals surface area contributed by atoms with Crippen molar-refractivity contribution >= 4 is 17.5 Å². The Morgan fingerprint density at radius 1 is 1.29 bits per heavy atom. The fourth-order valence-corrected chi connectivity index (χ4v) is 3.46. The molecule has 1 aromatic carbocycles. The molecule has 1 aliphatic carbocycles. The Kier molecular flexibility index (Phi) is 2.48. The Hall–Kier alpha value is -1.28. The van der Waals surface area contributed by atoms with Crippen LogP contribution >= 0.6 is 11.8 Å². The lowest BCUT2D eigenvalue weighted by Gasteiger charge is -2.27. The molecule has 0 bridgehead atoms. The average Bonchev–Trinajstić information content (AvgIpc) is 2.32. The minimum atomic E-state index is 0.211. The first-order valence-electron chi connectivity index (χ1n) is 5.87. The van der Waals surface area contributed by atoms with Crippen molar-refractivity contribution in [2.24, 2.45) is 0 Å². The predicted octanol–water partition coefficient (Wildman–Crippen LogP) is 3.76. The molecule has 0 aromatic heterocycles. The molecule has 1 unspecified atom stereocenters. The van der Waals surface area contributed by atoms with Gasteiger partial charge in [0, 0.05) is 10.8 Å². The van der Waals surface area contributed by atoms with E-state index in [9.17, 15) is 4.79 Å². The number of ketones is 1. The predicted molar refractivity (Wildman–Crippen MR) is 72.3 cm³/mol. The molecule has 0 spiro atoms. The second-order valence-electron chi connectivity index (χ2n) is 4.67. The second-order valence-corrected chi connectivity index (χ2v) is 6.02. The first kappa shape index (κ1) is 10.8. The van der Waals surface area contributed by atoms with E-state index in [1.54, 1.807) is 11.8 Å². The molecule has 0 saturated heterocycles. The number of Topliss-reactive ketones (excluding diaryl/α,β-unsaturated/α-hetero) is 1. The van der Waals surface area contributed by atoms with Gasteiger partial charge >= 0.3 is 0 Å². The molecule has 1 aliphatic heterocycles. The Bertz CT molecular complexity index is 566. The van der Waals surface area contributed by atoms with Crippen LogP contribution in [0.3, 0.4) is 0 Å². The highest BCUT2D eigenvalue weighted by Gasteiger charge is 2.29. The summed E-state index contributed by atoms with van der Waals surface area (Å²) >= 11 is 1.71. The van der Waals surface area contributed by atoms with Crippen molar-refractivity contribution in [3.63, 3.8) is 0 Å². The third-order valence-electron chi connectivity index (χ3n) is 3.48. The van der Waals surface area contributed by atoms with Crippen LogP contribution < -0.4 is 0 Å². The maximum Gasteiger partial charge on any atom is 0.199 e. The summed E-state index contributed by atoms with van der Waals surface area (Å²) in [5.41, 5.74) is 4.62. The van der Waals surface area contributed by atoms with E-state index in [-0.39, 0.29) is 5.78 Å². The molecule has 86 valence electrons. The van der Waals surface area contributed by atoms with Crippen molar-refractivity contribution in [3.8, 4) is 0 Å². The van der Waals surface area contributed by atoms with Gasteiger partial charge in [-0.2, -0.15) is 0 Å². The van der Waals surface area contributed by atoms with E-state index in [1.165, 1.54) is 11.1 Å². The van der Waals surface area contributed by atoms with Crippen LogP contribution in [-0.2, 0) is 6.42 Å². The Labute approximate surface area is 106 Å². The fraction of sp³-hybridized carbons (Fsp3) is 0.267. The van der Waals surface area contributed by atoms with Gasteiger partial charge in [-0.25, -0.2) is 0 Å². The summed E-state index contributed by atoms with van der Waals surface area (Å²) in [6.45, 7) is 4.31. The van der Waals surface area contributed by atoms with E-state index in [0.717, 1.165) is 22.5 Å². The van der Waals surface area contributed by atoms with Crippen LogP contribution in [0.15, 0.2) is 46.4 Å². The van der Waals surface area contributed by atoms with E-state index in [2.05, 4.69) is 26.0 Å². The van der Waals surface area contributed by atoms with Crippen molar-refractivity contribution in [1.82, 2.24) is 0 Å². The first-order chi connectivity index (χ1) is 8.16. The molecule has 0 fully saturated rings. The van der Waals surface area contributed by atoms with Gasteiger partial charge in [-0.15, -0.1) is 11.8 Å². The van der Waals surface area contributed by atoms with Crippen molar-refractivity contribution < 1.29 is 4.79 Å². The van der Waals surface area contributed by atoms with E-state index in [0.29, 0.717) is 5.25 Å². The van der Waals surface area contributed by atoms with Crippen molar-refractivity contribution in [3.05, 3.63) is 57.5 Å². The molecule has 1 nitrogen and oxygen atoms in total. The summed E-state index contributed by atoms with van der Waals surface area (Å²) in [7, 11) is 0. The number of hydrogen-bond acceptors (Lipinski definition) is 2. The number of carbonyl (C=O) groups excluding carboxylic acids is 1. The highest BCUT2D eigenvalue weighted by Crippen LogP contribution is 2.41. The summed E-state index contributed by atoms with van der Waals surface area (Å²) in [5, 5.41) is 0.419. The zero-order valence-electron chi connectivity index (χ0n) is 9.99. The standard InChI is InChI=1S/C15H14OS/c1-9-7-12-8-11-5-3-4-6-13(11)14(16)15(12)17-10(9)2/h3-7,10H,8H2,1-2H3. The molecule has 17 heavy (non-hydrogen) atoms. The molecule has 0 saturated carbocycles. The number of allylic oxidation sites excluding steroid dienone is 3. The topological polar surface area (TPSA) is 17.1 Å². The third kappa shape index (κ3) is 1.67. The van der Waals surface area contributed by atoms with Crippen LogP contribution in [0.2, 0.25) is 0 Å². The van der Waals surface area contributed by atoms with Gasteiger partial charge < -0.3 is 0 Å². The molecule has 1 aromatic rings. The number of hydrogen-bond donors (Lipinski definition) is 0. The zero-order chi connectivity index (χ0) is 12.0. The van der Waals surface area contributed by atoms with Gasteiger partial charge in [0.2, 0.25) is 0 Å². The van der Waals surface area contributed by atoms with Gasteiger partial charge in [0.15, 0.2) is 5.78 Å². The van der Waals surface area contributed by atoms with Crippen LogP contribution in [0.4, 0.5) is 0 Å². The number of carbonyl (C=O) groups is 1. The monoisotopic (exact) mass is 242 g/mol. The molecule has 0 amide bonds. The molecular formula is C15H14OS. The number of thioether (sulfide) groups is 1. The van der Waals surface area contributed by atoms with E-state index in [1.807, 2.05) is 18.2 Å². The summed E-state index contributed by atoms with van der Waals surface area (Å²) < 4.78 is 0. The van der Waals surface area contributed by atoms with Crippen LogP contribution in [-0.4, -0.2) is 11.0 Å². The highest BCUT2D eigenvalue weighted by molar-refractivity contribution is 8.04. The lowest BCUT2D eigenvalue weighted by molar-refractivity contribution is 0.103. The normalized spacial score (nSPS) is 23.1. The Balaban J connectivity index is 2.11. The van der Waals surface area contributed by atoms with Gasteiger partial charge in [-0.05, 0) is 31.4 Å². The van der Waals surface area contributed by atoms with Crippen LogP contribution in [0, 0.1) is 0 Å². The van der Waals surface area contributed by atoms with Gasteiger partial charge in [0.1, 0.15) is 0 Å². The minimum absolute atomic E-state index is 0.211. The lowest BCUT2D eigenvalue weighted by atomic mass is 9.89. The fourth-order valence-electron chi connectivity index (χ4n) is 2.36. The van der Waals surface area contributed by atoms with Gasteiger partial charge in [-0.1, -0.05) is 35.9 Å². The molecule has 2 heteroatoms. The van der Waals surface area contributed by atoms with Crippen LogP contribution in [0.1, 0.15) is 29.8 Å². The SMILES string of the molecule is CC1=CC2=C(SC1C)C(=O)c1ccccc1C2. The molecule has 0 radical (unpaired) electrons. The van der Waals surface area contributed by atoms with Crippen molar-refractivity contribution in [2.45, 2.75) is 25.5 Å². The number of fused-ring (bicyclic) bond motifs is 1. The maximum atomic E-state index is 12.4.